The Hall–Kier alpha value is -3.07. The average Bonchev–Trinajstić information content (AvgIpc) is 3.85. The maximum absolute atomic E-state index is 13.3. The first-order chi connectivity index (χ1) is 18.5. The Morgan fingerprint density at radius 1 is 0.895 bits per heavy atom. The molecule has 4 aliphatic carbocycles. The molecule has 0 N–H and O–H groups in total. The van der Waals surface area contributed by atoms with Crippen molar-refractivity contribution in [1.82, 2.24) is 0 Å². The minimum Gasteiger partial charge on any atom is -0.295 e. The lowest BCUT2D eigenvalue weighted by atomic mass is 9.53. The highest BCUT2D eigenvalue weighted by Gasteiger charge is 2.75. The number of allylic oxidation sites excluding steroid dienone is 4. The van der Waals surface area contributed by atoms with E-state index in [-0.39, 0.29) is 27.9 Å². The molecule has 3 nitrogen and oxygen atoms in total. The van der Waals surface area contributed by atoms with E-state index < -0.39 is 0 Å². The quantitative estimate of drug-likeness (QED) is 0.360. The zero-order chi connectivity index (χ0) is 26.5. The molecule has 3 saturated carbocycles. The van der Waals surface area contributed by atoms with Crippen LogP contribution in [0.1, 0.15) is 85.6 Å². The molecule has 4 atom stereocenters. The molecule has 0 bridgehead atoms. The van der Waals surface area contributed by atoms with Crippen molar-refractivity contribution in [1.29, 1.82) is 0 Å². The van der Waals surface area contributed by atoms with Gasteiger partial charge >= 0.3 is 0 Å². The largest absolute Gasteiger partial charge is 0.295 e. The zero-order valence-electron chi connectivity index (χ0n) is 23.0. The van der Waals surface area contributed by atoms with Gasteiger partial charge in [-0.1, -0.05) is 92.7 Å². The minimum atomic E-state index is 0.0682. The molecule has 196 valence electrons. The smallest absolute Gasteiger partial charge is 0.165 e. The topological polar surface area (TPSA) is 46.5 Å². The molecule has 1 aliphatic heterocycles. The molecule has 7 rings (SSSR count). The Kier molecular flexibility index (Phi) is 6.17. The van der Waals surface area contributed by atoms with Crippen molar-refractivity contribution in [2.45, 2.75) is 71.8 Å². The summed E-state index contributed by atoms with van der Waals surface area (Å²) in [6, 6.07) is 18.5. The molecule has 5 aliphatic rings. The first-order valence-electron chi connectivity index (χ1n) is 14.6. The Morgan fingerprint density at radius 2 is 1.61 bits per heavy atom. The molecule has 0 saturated heterocycles. The van der Waals surface area contributed by atoms with Gasteiger partial charge in [0.05, 0.1) is 6.04 Å². The molecular weight excluding hydrogens is 466 g/mol. The lowest BCUT2D eigenvalue weighted by Gasteiger charge is -2.51. The number of aliphatic imine (C=N–C) groups is 1. The summed E-state index contributed by atoms with van der Waals surface area (Å²) in [7, 11) is 0. The fourth-order valence-corrected chi connectivity index (χ4v) is 8.03. The van der Waals surface area contributed by atoms with Gasteiger partial charge in [0, 0.05) is 39.0 Å². The van der Waals surface area contributed by atoms with Crippen LogP contribution in [0, 0.1) is 28.1 Å². The van der Waals surface area contributed by atoms with Crippen LogP contribution in [0.25, 0.3) is 0 Å². The molecule has 3 heteroatoms. The fraction of sp³-hybridized carbons (Fsp3) is 0.457. The summed E-state index contributed by atoms with van der Waals surface area (Å²) in [6.07, 6.45) is 16.8. The summed E-state index contributed by atoms with van der Waals surface area (Å²) in [5, 5.41) is 0. The van der Waals surface area contributed by atoms with Gasteiger partial charge in [0.1, 0.15) is 0 Å². The van der Waals surface area contributed by atoms with E-state index in [4.69, 9.17) is 4.99 Å². The first kappa shape index (κ1) is 25.2. The Bertz CT molecular complexity index is 1330. The van der Waals surface area contributed by atoms with Gasteiger partial charge in [-0.25, -0.2) is 0 Å². The number of hydrogen-bond donors (Lipinski definition) is 0. The highest BCUT2D eigenvalue weighted by molar-refractivity contribution is 6.06. The summed E-state index contributed by atoms with van der Waals surface area (Å²) in [6.45, 7) is 5.63. The van der Waals surface area contributed by atoms with E-state index in [9.17, 15) is 9.59 Å². The highest BCUT2D eigenvalue weighted by Crippen LogP contribution is 2.76. The summed E-state index contributed by atoms with van der Waals surface area (Å²) < 4.78 is 0. The Balaban J connectivity index is 0.00000129. The zero-order valence-corrected chi connectivity index (χ0v) is 23.0. The molecule has 1 heterocycles. The number of fused-ring (bicyclic) bond motifs is 2. The maximum Gasteiger partial charge on any atom is 0.165 e. The molecule has 4 unspecified atom stereocenters. The van der Waals surface area contributed by atoms with E-state index in [0.717, 1.165) is 49.7 Å². The van der Waals surface area contributed by atoms with Crippen molar-refractivity contribution in [2.24, 2.45) is 33.1 Å². The number of carbonyl (C=O) groups is 2. The fourth-order valence-electron chi connectivity index (χ4n) is 8.03. The second-order valence-electron chi connectivity index (χ2n) is 12.0. The number of Topliss-reactive ketones (excluding diaryl/α,β-unsaturated/α-hetero) is 2. The molecule has 2 aromatic rings. The predicted molar refractivity (Wildman–Crippen MR) is 154 cm³/mol. The van der Waals surface area contributed by atoms with E-state index in [1.165, 1.54) is 17.7 Å². The summed E-state index contributed by atoms with van der Waals surface area (Å²) >= 11 is 0. The highest BCUT2D eigenvalue weighted by atomic mass is 16.1. The predicted octanol–water partition coefficient (Wildman–Crippen LogP) is 7.86. The molecule has 2 aromatic carbocycles. The third kappa shape index (κ3) is 3.73. The van der Waals surface area contributed by atoms with Crippen LogP contribution < -0.4 is 0 Å². The van der Waals surface area contributed by atoms with Crippen LogP contribution >= 0.6 is 0 Å². The van der Waals surface area contributed by atoms with Crippen molar-refractivity contribution in [2.75, 3.05) is 0 Å². The molecule has 3 fully saturated rings. The number of nitrogens with zero attached hydrogens (tertiary/aromatic N) is 1. The van der Waals surface area contributed by atoms with Crippen molar-refractivity contribution in [3.63, 3.8) is 0 Å². The van der Waals surface area contributed by atoms with Gasteiger partial charge in [0.2, 0.25) is 0 Å². The van der Waals surface area contributed by atoms with Gasteiger partial charge in [0.15, 0.2) is 11.6 Å². The van der Waals surface area contributed by atoms with E-state index in [0.29, 0.717) is 17.7 Å². The summed E-state index contributed by atoms with van der Waals surface area (Å²) in [5.74, 6) is 1.15. The van der Waals surface area contributed by atoms with Crippen molar-refractivity contribution in [3.05, 3.63) is 95.6 Å². The first-order valence-corrected chi connectivity index (χ1v) is 14.6. The van der Waals surface area contributed by atoms with Crippen molar-refractivity contribution < 1.29 is 9.59 Å². The molecule has 0 spiro atoms. The summed E-state index contributed by atoms with van der Waals surface area (Å²) in [4.78, 5) is 30.3. The van der Waals surface area contributed by atoms with Gasteiger partial charge in [-0.2, -0.15) is 0 Å². The number of benzene rings is 2. The molecule has 0 amide bonds. The van der Waals surface area contributed by atoms with Crippen LogP contribution in [-0.4, -0.2) is 23.3 Å². The summed E-state index contributed by atoms with van der Waals surface area (Å²) in [5.41, 5.74) is 4.84. The van der Waals surface area contributed by atoms with E-state index in [1.807, 2.05) is 56.3 Å². The van der Waals surface area contributed by atoms with Gasteiger partial charge in [-0.05, 0) is 63.4 Å². The molecular formula is C35H39NO2. The maximum atomic E-state index is 13.3. The lowest BCUT2D eigenvalue weighted by Crippen LogP contribution is -2.52. The number of carbonyl (C=O) groups excluding carboxylic acids is 2. The van der Waals surface area contributed by atoms with Gasteiger partial charge in [-0.15, -0.1) is 0 Å². The van der Waals surface area contributed by atoms with Gasteiger partial charge in [0.25, 0.3) is 0 Å². The van der Waals surface area contributed by atoms with Gasteiger partial charge < -0.3 is 0 Å². The van der Waals surface area contributed by atoms with E-state index in [1.54, 1.807) is 6.92 Å². The van der Waals surface area contributed by atoms with Crippen LogP contribution in [0.2, 0.25) is 0 Å². The Labute approximate surface area is 227 Å². The molecule has 0 radical (unpaired) electrons. The average molecular weight is 506 g/mol. The second-order valence-corrected chi connectivity index (χ2v) is 12.0. The van der Waals surface area contributed by atoms with Gasteiger partial charge in [-0.3, -0.25) is 14.6 Å². The molecule has 38 heavy (non-hydrogen) atoms. The monoisotopic (exact) mass is 505 g/mol. The number of ketones is 2. The van der Waals surface area contributed by atoms with Crippen LogP contribution in [0.4, 0.5) is 0 Å². The van der Waals surface area contributed by atoms with Crippen molar-refractivity contribution in [3.8, 4) is 0 Å². The minimum absolute atomic E-state index is 0.0682. The van der Waals surface area contributed by atoms with Crippen LogP contribution in [0.15, 0.2) is 83.9 Å². The third-order valence-electron chi connectivity index (χ3n) is 10.2. The van der Waals surface area contributed by atoms with E-state index in [2.05, 4.69) is 36.4 Å². The number of rotatable bonds is 7. The second kappa shape index (κ2) is 9.29. The van der Waals surface area contributed by atoms with Crippen LogP contribution in [0.5, 0.6) is 0 Å². The Morgan fingerprint density at radius 3 is 2.21 bits per heavy atom. The SMILES string of the molecule is CC.CC(=O)c1ccc(CC23CC2N=C3C2(C34C=CC=CC3C4)CCC(C(=O)c3ccccc3)CC2)cc1. The lowest BCUT2D eigenvalue weighted by molar-refractivity contribution is 0.0796. The standard InChI is InChI=1S/C33H33NO2.C2H6/c1-22(35)24-12-10-23(11-13-24)19-31-21-28(31)34-30(31)32(33-16-6-5-9-27(33)20-33)17-14-26(15-18-32)29(36)25-7-3-2-4-8-25;1-2/h2-13,16,26-28H,14-15,17-21H2,1H3;1-2H3. The van der Waals surface area contributed by atoms with Crippen LogP contribution in [-0.2, 0) is 6.42 Å². The normalized spacial score (nSPS) is 35.4. The van der Waals surface area contributed by atoms with E-state index >= 15 is 0 Å². The van der Waals surface area contributed by atoms with Crippen molar-refractivity contribution >= 4 is 17.3 Å². The van der Waals surface area contributed by atoms with Crippen LogP contribution in [0.3, 0.4) is 0 Å². The molecule has 0 aromatic heterocycles. The number of hydrogen-bond acceptors (Lipinski definition) is 3. The third-order valence-corrected chi connectivity index (χ3v) is 10.2.